The minimum absolute atomic E-state index is 0.0858. The smallest absolute Gasteiger partial charge is 0.0596 e. The van der Waals surface area contributed by atoms with Crippen LogP contribution in [0, 0.1) is 6.92 Å². The maximum atomic E-state index is 5.76. The van der Waals surface area contributed by atoms with Crippen molar-refractivity contribution in [3.63, 3.8) is 0 Å². The summed E-state index contributed by atoms with van der Waals surface area (Å²) in [6.45, 7) is 5.00. The van der Waals surface area contributed by atoms with Gasteiger partial charge in [-0.1, -0.05) is 12.1 Å². The molecule has 3 N–H and O–H groups in total. The van der Waals surface area contributed by atoms with Gasteiger partial charge in [-0.2, -0.15) is 5.10 Å². The van der Waals surface area contributed by atoms with Crippen LogP contribution >= 0.6 is 0 Å². The van der Waals surface area contributed by atoms with Gasteiger partial charge in [0.1, 0.15) is 0 Å². The predicted octanol–water partition coefficient (Wildman–Crippen LogP) is 2.02. The van der Waals surface area contributed by atoms with E-state index in [4.69, 9.17) is 5.84 Å². The van der Waals surface area contributed by atoms with Gasteiger partial charge in [0.25, 0.3) is 0 Å². The molecule has 0 spiro atoms. The Labute approximate surface area is 126 Å². The molecule has 1 heterocycles. The molecule has 0 fully saturated rings. The second-order valence-corrected chi connectivity index (χ2v) is 5.50. The zero-order valence-electron chi connectivity index (χ0n) is 13.3. The Bertz CT molecular complexity index is 571. The van der Waals surface area contributed by atoms with Gasteiger partial charge in [-0.05, 0) is 37.6 Å². The van der Waals surface area contributed by atoms with Crippen molar-refractivity contribution in [2.45, 2.75) is 32.9 Å². The summed E-state index contributed by atoms with van der Waals surface area (Å²) < 4.78 is 2.04. The second kappa shape index (κ2) is 6.74. The van der Waals surface area contributed by atoms with E-state index in [-0.39, 0.29) is 6.04 Å². The minimum Gasteiger partial charge on any atom is -0.378 e. The van der Waals surface area contributed by atoms with Gasteiger partial charge in [0.05, 0.1) is 11.7 Å². The first-order valence-electron chi connectivity index (χ1n) is 7.32. The molecule has 0 saturated carbocycles. The SMILES string of the molecule is CCn1nc(C)cc1CC(NN)c1ccc(N(C)C)cc1. The van der Waals surface area contributed by atoms with Gasteiger partial charge in [-0.15, -0.1) is 0 Å². The first-order valence-corrected chi connectivity index (χ1v) is 7.32. The van der Waals surface area contributed by atoms with Crippen molar-refractivity contribution in [1.82, 2.24) is 15.2 Å². The van der Waals surface area contributed by atoms with Crippen LogP contribution in [-0.4, -0.2) is 23.9 Å². The zero-order chi connectivity index (χ0) is 15.4. The monoisotopic (exact) mass is 287 g/mol. The van der Waals surface area contributed by atoms with Crippen LogP contribution in [0.25, 0.3) is 0 Å². The molecule has 0 bridgehead atoms. The maximum Gasteiger partial charge on any atom is 0.0596 e. The summed E-state index contributed by atoms with van der Waals surface area (Å²) in [5.74, 6) is 5.76. The maximum absolute atomic E-state index is 5.76. The third-order valence-corrected chi connectivity index (χ3v) is 3.71. The van der Waals surface area contributed by atoms with Crippen LogP contribution in [0.15, 0.2) is 30.3 Å². The summed E-state index contributed by atoms with van der Waals surface area (Å²) in [6, 6.07) is 10.7. The number of nitrogens with zero attached hydrogens (tertiary/aromatic N) is 3. The second-order valence-electron chi connectivity index (χ2n) is 5.50. The molecule has 1 aromatic carbocycles. The Balaban J connectivity index is 2.19. The molecular formula is C16H25N5. The fourth-order valence-corrected chi connectivity index (χ4v) is 2.52. The van der Waals surface area contributed by atoms with E-state index in [2.05, 4.69) is 52.7 Å². The summed E-state index contributed by atoms with van der Waals surface area (Å²) in [5.41, 5.74) is 7.54. The first-order chi connectivity index (χ1) is 10.0. The van der Waals surface area contributed by atoms with Crippen LogP contribution in [0.1, 0.15) is 29.9 Å². The lowest BCUT2D eigenvalue weighted by Crippen LogP contribution is -2.30. The lowest BCUT2D eigenvalue weighted by atomic mass is 10.0. The number of benzene rings is 1. The van der Waals surface area contributed by atoms with Gasteiger partial charge in [0, 0.05) is 38.4 Å². The van der Waals surface area contributed by atoms with Crippen molar-refractivity contribution in [1.29, 1.82) is 0 Å². The highest BCUT2D eigenvalue weighted by Gasteiger charge is 2.14. The molecule has 0 saturated heterocycles. The summed E-state index contributed by atoms with van der Waals surface area (Å²) >= 11 is 0. The molecule has 1 aromatic heterocycles. The molecule has 21 heavy (non-hydrogen) atoms. The van der Waals surface area contributed by atoms with Crippen LogP contribution < -0.4 is 16.2 Å². The fourth-order valence-electron chi connectivity index (χ4n) is 2.52. The molecule has 0 aliphatic heterocycles. The highest BCUT2D eigenvalue weighted by atomic mass is 15.3. The number of nitrogens with two attached hydrogens (primary N) is 1. The van der Waals surface area contributed by atoms with Gasteiger partial charge in [0.15, 0.2) is 0 Å². The standard InChI is InChI=1S/C16H25N5/c1-5-21-15(10-12(2)19-21)11-16(18-17)13-6-8-14(9-7-13)20(3)4/h6-10,16,18H,5,11,17H2,1-4H3. The molecule has 0 aliphatic rings. The number of rotatable bonds is 6. The Morgan fingerprint density at radius 1 is 1.29 bits per heavy atom. The number of hydrogen-bond acceptors (Lipinski definition) is 4. The van der Waals surface area contributed by atoms with Crippen molar-refractivity contribution in [2.75, 3.05) is 19.0 Å². The highest BCUT2D eigenvalue weighted by molar-refractivity contribution is 5.46. The zero-order valence-corrected chi connectivity index (χ0v) is 13.3. The highest BCUT2D eigenvalue weighted by Crippen LogP contribution is 2.21. The van der Waals surface area contributed by atoms with Gasteiger partial charge in [0.2, 0.25) is 0 Å². The van der Waals surface area contributed by atoms with E-state index < -0.39 is 0 Å². The van der Waals surface area contributed by atoms with Gasteiger partial charge < -0.3 is 4.90 Å². The summed E-state index contributed by atoms with van der Waals surface area (Å²) in [6.07, 6.45) is 0.826. The Hall–Kier alpha value is -1.85. The molecule has 5 nitrogen and oxygen atoms in total. The summed E-state index contributed by atoms with van der Waals surface area (Å²) in [5, 5.41) is 4.49. The molecule has 5 heteroatoms. The van der Waals surface area contributed by atoms with Crippen molar-refractivity contribution in [3.05, 3.63) is 47.3 Å². The van der Waals surface area contributed by atoms with Gasteiger partial charge in [-0.3, -0.25) is 16.0 Å². The third kappa shape index (κ3) is 3.62. The number of nitrogens with one attached hydrogen (secondary N) is 1. The number of aromatic nitrogens is 2. The van der Waals surface area contributed by atoms with E-state index >= 15 is 0 Å². The van der Waals surface area contributed by atoms with Gasteiger partial charge >= 0.3 is 0 Å². The molecule has 114 valence electrons. The molecular weight excluding hydrogens is 262 g/mol. The molecule has 2 aromatic rings. The van der Waals surface area contributed by atoms with Crippen molar-refractivity contribution in [2.24, 2.45) is 5.84 Å². The van der Waals surface area contributed by atoms with Crippen LogP contribution in [0.4, 0.5) is 5.69 Å². The average molecular weight is 287 g/mol. The van der Waals surface area contributed by atoms with Crippen LogP contribution in [-0.2, 0) is 13.0 Å². The topological polar surface area (TPSA) is 59.1 Å². The van der Waals surface area contributed by atoms with E-state index in [1.165, 1.54) is 16.9 Å². The Morgan fingerprint density at radius 2 is 1.95 bits per heavy atom. The Morgan fingerprint density at radius 3 is 2.48 bits per heavy atom. The van der Waals surface area contributed by atoms with E-state index in [9.17, 15) is 0 Å². The van der Waals surface area contributed by atoms with Crippen molar-refractivity contribution >= 4 is 5.69 Å². The van der Waals surface area contributed by atoms with E-state index in [1.54, 1.807) is 0 Å². The number of hydrazine groups is 1. The average Bonchev–Trinajstić information content (AvgIpc) is 2.84. The van der Waals surface area contributed by atoms with Crippen molar-refractivity contribution < 1.29 is 0 Å². The lowest BCUT2D eigenvalue weighted by molar-refractivity contribution is 0.517. The number of anilines is 1. The third-order valence-electron chi connectivity index (χ3n) is 3.71. The number of aryl methyl sites for hydroxylation is 2. The molecule has 1 atom stereocenters. The van der Waals surface area contributed by atoms with Crippen LogP contribution in [0.5, 0.6) is 0 Å². The van der Waals surface area contributed by atoms with E-state index in [0.29, 0.717) is 0 Å². The van der Waals surface area contributed by atoms with Crippen molar-refractivity contribution in [3.8, 4) is 0 Å². The Kier molecular flexibility index (Phi) is 4.98. The summed E-state index contributed by atoms with van der Waals surface area (Å²) in [4.78, 5) is 2.09. The molecule has 1 unspecified atom stereocenters. The van der Waals surface area contributed by atoms with E-state index in [0.717, 1.165) is 18.7 Å². The van der Waals surface area contributed by atoms with Crippen LogP contribution in [0.2, 0.25) is 0 Å². The number of hydrogen-bond donors (Lipinski definition) is 2. The molecule has 0 amide bonds. The first kappa shape index (κ1) is 15.5. The molecule has 2 rings (SSSR count). The summed E-state index contributed by atoms with van der Waals surface area (Å²) in [7, 11) is 4.08. The largest absolute Gasteiger partial charge is 0.378 e. The molecule has 0 aliphatic carbocycles. The lowest BCUT2D eigenvalue weighted by Gasteiger charge is -2.19. The minimum atomic E-state index is 0.0858. The van der Waals surface area contributed by atoms with E-state index in [1.807, 2.05) is 25.7 Å². The normalized spacial score (nSPS) is 12.4. The molecule has 0 radical (unpaired) electrons. The van der Waals surface area contributed by atoms with Crippen LogP contribution in [0.3, 0.4) is 0 Å². The van der Waals surface area contributed by atoms with Gasteiger partial charge in [-0.25, -0.2) is 0 Å². The quantitative estimate of drug-likeness (QED) is 0.630. The fraction of sp³-hybridized carbons (Fsp3) is 0.438. The predicted molar refractivity (Wildman–Crippen MR) is 87.2 cm³/mol.